The van der Waals surface area contributed by atoms with Crippen LogP contribution in [-0.4, -0.2) is 5.91 Å². The van der Waals surface area contributed by atoms with Crippen molar-refractivity contribution in [2.24, 2.45) is 0 Å². The van der Waals surface area contributed by atoms with Gasteiger partial charge in [-0.2, -0.15) is 0 Å². The first-order chi connectivity index (χ1) is 8.97. The first kappa shape index (κ1) is 13.4. The third kappa shape index (κ3) is 3.03. The summed E-state index contributed by atoms with van der Waals surface area (Å²) in [5, 5.41) is 2.57. The first-order valence-electron chi connectivity index (χ1n) is 5.60. The highest BCUT2D eigenvalue weighted by atomic mass is 35.5. The second-order valence-corrected chi connectivity index (χ2v) is 4.58. The number of nitrogens with one attached hydrogen (secondary N) is 1. The third-order valence-corrected chi connectivity index (χ3v) is 2.92. The molecule has 19 heavy (non-hydrogen) atoms. The van der Waals surface area contributed by atoms with E-state index in [4.69, 9.17) is 17.3 Å². The number of halogens is 2. The molecular formula is C14H12ClFN2O. The fourth-order valence-corrected chi connectivity index (χ4v) is 1.84. The minimum atomic E-state index is -0.533. The molecule has 3 N–H and O–H groups in total. The molecule has 3 nitrogen and oxygen atoms in total. The number of anilines is 2. The third-order valence-electron chi connectivity index (χ3n) is 2.63. The van der Waals surface area contributed by atoms with E-state index in [0.717, 1.165) is 5.56 Å². The Kier molecular flexibility index (Phi) is 3.71. The molecule has 0 unspecified atom stereocenters. The SMILES string of the molecule is Cc1ccc(C(=O)Nc2ccc(F)c(Cl)c2)c(N)c1. The number of amides is 1. The highest BCUT2D eigenvalue weighted by Gasteiger charge is 2.10. The Bertz CT molecular complexity index is 643. The molecule has 2 aromatic carbocycles. The maximum absolute atomic E-state index is 13.0. The fraction of sp³-hybridized carbons (Fsp3) is 0.0714. The van der Waals surface area contributed by atoms with Gasteiger partial charge in [0.2, 0.25) is 0 Å². The number of rotatable bonds is 2. The van der Waals surface area contributed by atoms with Gasteiger partial charge in [0.1, 0.15) is 5.82 Å². The van der Waals surface area contributed by atoms with E-state index in [9.17, 15) is 9.18 Å². The van der Waals surface area contributed by atoms with Gasteiger partial charge in [-0.15, -0.1) is 0 Å². The van der Waals surface area contributed by atoms with Gasteiger partial charge in [-0.25, -0.2) is 4.39 Å². The lowest BCUT2D eigenvalue weighted by Crippen LogP contribution is -2.14. The van der Waals surface area contributed by atoms with E-state index in [1.807, 2.05) is 6.92 Å². The number of hydrogen-bond acceptors (Lipinski definition) is 2. The molecule has 0 bridgehead atoms. The molecule has 0 fully saturated rings. The van der Waals surface area contributed by atoms with Crippen molar-refractivity contribution in [3.63, 3.8) is 0 Å². The zero-order valence-corrected chi connectivity index (χ0v) is 11.0. The van der Waals surface area contributed by atoms with E-state index in [-0.39, 0.29) is 10.9 Å². The van der Waals surface area contributed by atoms with Gasteiger partial charge in [0.25, 0.3) is 5.91 Å². The van der Waals surface area contributed by atoms with Crippen molar-refractivity contribution in [1.82, 2.24) is 0 Å². The Morgan fingerprint density at radius 2 is 2.00 bits per heavy atom. The Labute approximate surface area is 115 Å². The van der Waals surface area contributed by atoms with E-state index < -0.39 is 5.82 Å². The number of benzene rings is 2. The average Bonchev–Trinajstić information content (AvgIpc) is 2.33. The van der Waals surface area contributed by atoms with Crippen molar-refractivity contribution in [3.05, 3.63) is 58.4 Å². The lowest BCUT2D eigenvalue weighted by Gasteiger charge is -2.08. The van der Waals surface area contributed by atoms with Gasteiger partial charge in [0, 0.05) is 11.4 Å². The molecule has 98 valence electrons. The summed E-state index contributed by atoms with van der Waals surface area (Å²) in [5.41, 5.74) is 7.93. The van der Waals surface area contributed by atoms with Crippen LogP contribution in [0.1, 0.15) is 15.9 Å². The summed E-state index contributed by atoms with van der Waals surface area (Å²) in [6, 6.07) is 9.12. The summed E-state index contributed by atoms with van der Waals surface area (Å²) in [6.45, 7) is 1.89. The quantitative estimate of drug-likeness (QED) is 0.824. The van der Waals surface area contributed by atoms with Crippen LogP contribution in [-0.2, 0) is 0 Å². The molecule has 0 aromatic heterocycles. The van der Waals surface area contributed by atoms with Crippen LogP contribution in [0.25, 0.3) is 0 Å². The van der Waals surface area contributed by atoms with Gasteiger partial charge < -0.3 is 11.1 Å². The van der Waals surface area contributed by atoms with Crippen molar-refractivity contribution in [1.29, 1.82) is 0 Å². The number of carbonyl (C=O) groups is 1. The van der Waals surface area contributed by atoms with Gasteiger partial charge in [-0.3, -0.25) is 4.79 Å². The van der Waals surface area contributed by atoms with Gasteiger partial charge in [0.05, 0.1) is 10.6 Å². The fourth-order valence-electron chi connectivity index (χ4n) is 1.66. The minimum absolute atomic E-state index is 0.0466. The maximum Gasteiger partial charge on any atom is 0.257 e. The number of carbonyl (C=O) groups excluding carboxylic acids is 1. The molecule has 0 saturated carbocycles. The van der Waals surface area contributed by atoms with E-state index in [1.54, 1.807) is 18.2 Å². The highest BCUT2D eigenvalue weighted by Crippen LogP contribution is 2.21. The molecule has 0 radical (unpaired) electrons. The molecule has 0 spiro atoms. The van der Waals surface area contributed by atoms with E-state index in [2.05, 4.69) is 5.32 Å². The van der Waals surface area contributed by atoms with Crippen LogP contribution >= 0.6 is 11.6 Å². The number of aryl methyl sites for hydroxylation is 1. The second-order valence-electron chi connectivity index (χ2n) is 4.17. The monoisotopic (exact) mass is 278 g/mol. The lowest BCUT2D eigenvalue weighted by atomic mass is 10.1. The molecule has 1 amide bonds. The van der Waals surface area contributed by atoms with E-state index in [0.29, 0.717) is 16.9 Å². The lowest BCUT2D eigenvalue weighted by molar-refractivity contribution is 0.102. The van der Waals surface area contributed by atoms with Crippen LogP contribution in [0.15, 0.2) is 36.4 Å². The zero-order valence-electron chi connectivity index (χ0n) is 10.2. The van der Waals surface area contributed by atoms with Crippen LogP contribution in [0.2, 0.25) is 5.02 Å². The smallest absolute Gasteiger partial charge is 0.257 e. The molecule has 0 heterocycles. The summed E-state index contributed by atoms with van der Waals surface area (Å²) in [4.78, 5) is 12.0. The molecule has 0 aliphatic heterocycles. The number of nitrogen functional groups attached to an aromatic ring is 1. The molecule has 2 rings (SSSR count). The summed E-state index contributed by atoms with van der Waals surface area (Å²) in [6.07, 6.45) is 0. The minimum Gasteiger partial charge on any atom is -0.398 e. The molecule has 0 saturated heterocycles. The van der Waals surface area contributed by atoms with Gasteiger partial charge >= 0.3 is 0 Å². The standard InChI is InChI=1S/C14H12ClFN2O/c1-8-2-4-10(13(17)6-8)14(19)18-9-3-5-12(16)11(15)7-9/h2-7H,17H2,1H3,(H,18,19). The number of hydrogen-bond donors (Lipinski definition) is 2. The van der Waals surface area contributed by atoms with E-state index >= 15 is 0 Å². The molecular weight excluding hydrogens is 267 g/mol. The Morgan fingerprint density at radius 1 is 1.26 bits per heavy atom. The topological polar surface area (TPSA) is 55.1 Å². The summed E-state index contributed by atoms with van der Waals surface area (Å²) in [5.74, 6) is -0.894. The molecule has 0 aliphatic rings. The van der Waals surface area contributed by atoms with Gasteiger partial charge in [0.15, 0.2) is 0 Å². The molecule has 0 aliphatic carbocycles. The van der Waals surface area contributed by atoms with Crippen LogP contribution in [0.5, 0.6) is 0 Å². The Morgan fingerprint density at radius 3 is 2.63 bits per heavy atom. The second kappa shape index (κ2) is 5.28. The van der Waals surface area contributed by atoms with Crippen molar-refractivity contribution in [3.8, 4) is 0 Å². The molecule has 2 aromatic rings. The largest absolute Gasteiger partial charge is 0.398 e. The van der Waals surface area contributed by atoms with Crippen LogP contribution in [0.3, 0.4) is 0 Å². The maximum atomic E-state index is 13.0. The van der Waals surface area contributed by atoms with Crippen molar-refractivity contribution < 1.29 is 9.18 Å². The predicted octanol–water partition coefficient (Wildman–Crippen LogP) is 3.62. The van der Waals surface area contributed by atoms with Crippen molar-refractivity contribution in [2.45, 2.75) is 6.92 Å². The first-order valence-corrected chi connectivity index (χ1v) is 5.97. The van der Waals surface area contributed by atoms with Gasteiger partial charge in [-0.1, -0.05) is 17.7 Å². The predicted molar refractivity (Wildman–Crippen MR) is 75.0 cm³/mol. The van der Waals surface area contributed by atoms with Gasteiger partial charge in [-0.05, 0) is 42.8 Å². The summed E-state index contributed by atoms with van der Waals surface area (Å²) >= 11 is 5.64. The number of nitrogens with two attached hydrogens (primary N) is 1. The Hall–Kier alpha value is -2.07. The van der Waals surface area contributed by atoms with Crippen LogP contribution in [0, 0.1) is 12.7 Å². The summed E-state index contributed by atoms with van der Waals surface area (Å²) < 4.78 is 13.0. The average molecular weight is 279 g/mol. The zero-order chi connectivity index (χ0) is 14.0. The normalized spacial score (nSPS) is 10.3. The Balaban J connectivity index is 2.23. The van der Waals surface area contributed by atoms with Crippen molar-refractivity contribution in [2.75, 3.05) is 11.1 Å². The van der Waals surface area contributed by atoms with Crippen LogP contribution < -0.4 is 11.1 Å². The van der Waals surface area contributed by atoms with Crippen LogP contribution in [0.4, 0.5) is 15.8 Å². The molecule has 0 atom stereocenters. The van der Waals surface area contributed by atoms with E-state index in [1.165, 1.54) is 18.2 Å². The highest BCUT2D eigenvalue weighted by molar-refractivity contribution is 6.31. The van der Waals surface area contributed by atoms with Crippen molar-refractivity contribution >= 4 is 28.9 Å². The summed E-state index contributed by atoms with van der Waals surface area (Å²) in [7, 11) is 0. The molecule has 5 heteroatoms.